The third-order valence-corrected chi connectivity index (χ3v) is 4.21. The SMILES string of the molecule is Cc1cc(C)c(N=CC(=O)c2ccc(-c3ccccc3)[nH]c2=O)c(C)c1. The van der Waals surface area contributed by atoms with Crippen LogP contribution in [-0.2, 0) is 0 Å². The van der Waals surface area contributed by atoms with Gasteiger partial charge in [-0.2, -0.15) is 0 Å². The lowest BCUT2D eigenvalue weighted by molar-refractivity contribution is 0.106. The molecule has 1 aromatic heterocycles. The number of Topliss-reactive ketones (excluding diaryl/α,β-unsaturated/α-hetero) is 1. The first-order valence-electron chi connectivity index (χ1n) is 8.40. The Bertz CT molecular complexity index is 1020. The first-order chi connectivity index (χ1) is 12.5. The Morgan fingerprint density at radius 2 is 1.62 bits per heavy atom. The molecule has 3 rings (SSSR count). The molecule has 0 saturated carbocycles. The number of pyridine rings is 1. The molecule has 0 aliphatic rings. The summed E-state index contributed by atoms with van der Waals surface area (Å²) >= 11 is 0. The van der Waals surface area contributed by atoms with E-state index in [4.69, 9.17) is 0 Å². The zero-order valence-corrected chi connectivity index (χ0v) is 15.0. The third-order valence-electron chi connectivity index (χ3n) is 4.21. The summed E-state index contributed by atoms with van der Waals surface area (Å²) in [6, 6.07) is 16.8. The molecular formula is C22H20N2O2. The van der Waals surface area contributed by atoms with Gasteiger partial charge in [0, 0.05) is 5.69 Å². The van der Waals surface area contributed by atoms with Gasteiger partial charge in [0.15, 0.2) is 0 Å². The number of rotatable bonds is 4. The van der Waals surface area contributed by atoms with Crippen molar-refractivity contribution >= 4 is 17.7 Å². The molecule has 0 radical (unpaired) electrons. The lowest BCUT2D eigenvalue weighted by Gasteiger charge is -2.06. The van der Waals surface area contributed by atoms with Gasteiger partial charge in [-0.1, -0.05) is 48.0 Å². The van der Waals surface area contributed by atoms with Crippen molar-refractivity contribution in [3.63, 3.8) is 0 Å². The molecule has 130 valence electrons. The Balaban J connectivity index is 1.88. The van der Waals surface area contributed by atoms with Gasteiger partial charge in [0.25, 0.3) is 5.56 Å². The summed E-state index contributed by atoms with van der Waals surface area (Å²) in [5, 5.41) is 0. The molecule has 26 heavy (non-hydrogen) atoms. The maximum absolute atomic E-state index is 12.4. The number of benzene rings is 2. The second-order valence-corrected chi connectivity index (χ2v) is 6.35. The Morgan fingerprint density at radius 1 is 0.962 bits per heavy atom. The molecule has 0 spiro atoms. The second kappa shape index (κ2) is 7.31. The van der Waals surface area contributed by atoms with E-state index in [0.717, 1.165) is 27.9 Å². The van der Waals surface area contributed by atoms with E-state index in [0.29, 0.717) is 5.69 Å². The van der Waals surface area contributed by atoms with Crippen LogP contribution in [0.15, 0.2) is 64.4 Å². The van der Waals surface area contributed by atoms with E-state index in [1.165, 1.54) is 6.21 Å². The monoisotopic (exact) mass is 344 g/mol. The van der Waals surface area contributed by atoms with Crippen LogP contribution in [0.1, 0.15) is 27.0 Å². The van der Waals surface area contributed by atoms with E-state index in [1.54, 1.807) is 12.1 Å². The molecule has 0 unspecified atom stereocenters. The maximum Gasteiger partial charge on any atom is 0.259 e. The number of aliphatic imine (C=N–C) groups is 1. The first kappa shape index (κ1) is 17.5. The summed E-state index contributed by atoms with van der Waals surface area (Å²) in [5.41, 5.74) is 5.15. The van der Waals surface area contributed by atoms with Crippen LogP contribution >= 0.6 is 0 Å². The first-order valence-corrected chi connectivity index (χ1v) is 8.40. The molecule has 0 aliphatic heterocycles. The highest BCUT2D eigenvalue weighted by Crippen LogP contribution is 2.24. The molecule has 4 nitrogen and oxygen atoms in total. The lowest BCUT2D eigenvalue weighted by Crippen LogP contribution is -2.18. The van der Waals surface area contributed by atoms with Crippen LogP contribution in [-0.4, -0.2) is 17.0 Å². The van der Waals surface area contributed by atoms with Crippen LogP contribution in [0.5, 0.6) is 0 Å². The molecule has 0 bridgehead atoms. The number of hydrogen-bond acceptors (Lipinski definition) is 3. The van der Waals surface area contributed by atoms with Crippen molar-refractivity contribution < 1.29 is 4.79 Å². The standard InChI is InChI=1S/C22H20N2O2/c1-14-11-15(2)21(16(3)12-14)23-13-20(25)18-9-10-19(24-22(18)26)17-7-5-4-6-8-17/h4-13H,1-3H3,(H,24,26). The van der Waals surface area contributed by atoms with Gasteiger partial charge in [-0.05, 0) is 49.6 Å². The van der Waals surface area contributed by atoms with Gasteiger partial charge in [0.05, 0.1) is 17.5 Å². The van der Waals surface area contributed by atoms with Crippen LogP contribution in [0.2, 0.25) is 0 Å². The predicted molar refractivity (Wildman–Crippen MR) is 106 cm³/mol. The zero-order chi connectivity index (χ0) is 18.7. The van der Waals surface area contributed by atoms with Gasteiger partial charge >= 0.3 is 0 Å². The fourth-order valence-electron chi connectivity index (χ4n) is 3.02. The summed E-state index contributed by atoms with van der Waals surface area (Å²) < 4.78 is 0. The van der Waals surface area contributed by atoms with Gasteiger partial charge in [-0.25, -0.2) is 0 Å². The van der Waals surface area contributed by atoms with Gasteiger partial charge < -0.3 is 4.98 Å². The van der Waals surface area contributed by atoms with Gasteiger partial charge in [0.2, 0.25) is 5.78 Å². The van der Waals surface area contributed by atoms with E-state index in [9.17, 15) is 9.59 Å². The molecule has 0 atom stereocenters. The smallest absolute Gasteiger partial charge is 0.259 e. The molecule has 3 aromatic rings. The van der Waals surface area contributed by atoms with Gasteiger partial charge in [0.1, 0.15) is 0 Å². The highest BCUT2D eigenvalue weighted by molar-refractivity contribution is 6.35. The van der Waals surface area contributed by atoms with Gasteiger partial charge in [-0.15, -0.1) is 0 Å². The van der Waals surface area contributed by atoms with Crippen LogP contribution in [0, 0.1) is 20.8 Å². The highest BCUT2D eigenvalue weighted by Gasteiger charge is 2.10. The lowest BCUT2D eigenvalue weighted by atomic mass is 10.1. The van der Waals surface area contributed by atoms with Crippen molar-refractivity contribution in [2.24, 2.45) is 4.99 Å². The number of aromatic amines is 1. The summed E-state index contributed by atoms with van der Waals surface area (Å²) in [6.07, 6.45) is 1.22. The minimum atomic E-state index is -0.417. The Kier molecular flexibility index (Phi) is 4.94. The van der Waals surface area contributed by atoms with E-state index in [2.05, 4.69) is 9.98 Å². The molecule has 4 heteroatoms. The number of aromatic nitrogens is 1. The third kappa shape index (κ3) is 3.70. The number of H-pyrrole nitrogens is 1. The maximum atomic E-state index is 12.4. The molecule has 1 heterocycles. The van der Waals surface area contributed by atoms with Crippen LogP contribution in [0.3, 0.4) is 0 Å². The summed E-state index contributed by atoms with van der Waals surface area (Å²) in [7, 11) is 0. The Hall–Kier alpha value is -3.27. The molecule has 2 aromatic carbocycles. The summed E-state index contributed by atoms with van der Waals surface area (Å²) in [4.78, 5) is 31.8. The second-order valence-electron chi connectivity index (χ2n) is 6.35. The Morgan fingerprint density at radius 3 is 2.23 bits per heavy atom. The predicted octanol–water partition coefficient (Wildman–Crippen LogP) is 4.55. The molecule has 0 aliphatic carbocycles. The fraction of sp³-hybridized carbons (Fsp3) is 0.136. The summed E-state index contributed by atoms with van der Waals surface area (Å²) in [6.45, 7) is 5.93. The molecule has 1 N–H and O–H groups in total. The minimum absolute atomic E-state index is 0.0795. The average molecular weight is 344 g/mol. The highest BCUT2D eigenvalue weighted by atomic mass is 16.1. The van der Waals surface area contributed by atoms with E-state index in [-0.39, 0.29) is 5.56 Å². The molecular weight excluding hydrogens is 324 g/mol. The van der Waals surface area contributed by atoms with E-state index < -0.39 is 11.3 Å². The topological polar surface area (TPSA) is 62.3 Å². The van der Waals surface area contributed by atoms with Crippen molar-refractivity contribution in [3.05, 3.63) is 87.2 Å². The van der Waals surface area contributed by atoms with Crippen molar-refractivity contribution in [2.75, 3.05) is 0 Å². The molecule has 0 amide bonds. The normalized spacial score (nSPS) is 11.0. The number of hydrogen-bond donors (Lipinski definition) is 1. The Labute approximate surface area is 152 Å². The van der Waals surface area contributed by atoms with Crippen molar-refractivity contribution in [2.45, 2.75) is 20.8 Å². The van der Waals surface area contributed by atoms with Gasteiger partial charge in [-0.3, -0.25) is 14.6 Å². The number of nitrogens with one attached hydrogen (secondary N) is 1. The number of aryl methyl sites for hydroxylation is 3. The van der Waals surface area contributed by atoms with Crippen molar-refractivity contribution in [1.82, 2.24) is 4.98 Å². The van der Waals surface area contributed by atoms with Crippen LogP contribution < -0.4 is 5.56 Å². The minimum Gasteiger partial charge on any atom is -0.321 e. The van der Waals surface area contributed by atoms with E-state index >= 15 is 0 Å². The van der Waals surface area contributed by atoms with Crippen molar-refractivity contribution in [3.8, 4) is 11.3 Å². The quantitative estimate of drug-likeness (QED) is 0.557. The molecule has 0 saturated heterocycles. The number of nitrogens with zero attached hydrogens (tertiary/aromatic N) is 1. The average Bonchev–Trinajstić information content (AvgIpc) is 2.61. The number of carbonyl (C=O) groups is 1. The van der Waals surface area contributed by atoms with E-state index in [1.807, 2.05) is 63.2 Å². The van der Waals surface area contributed by atoms with Crippen LogP contribution in [0.4, 0.5) is 5.69 Å². The molecule has 0 fully saturated rings. The number of carbonyl (C=O) groups excluding carboxylic acids is 1. The zero-order valence-electron chi connectivity index (χ0n) is 15.0. The van der Waals surface area contributed by atoms with Crippen LogP contribution in [0.25, 0.3) is 11.3 Å². The number of ketones is 1. The fourth-order valence-corrected chi connectivity index (χ4v) is 3.02. The largest absolute Gasteiger partial charge is 0.321 e. The van der Waals surface area contributed by atoms with Crippen molar-refractivity contribution in [1.29, 1.82) is 0 Å². The summed E-state index contributed by atoms with van der Waals surface area (Å²) in [5.74, 6) is -0.412.